The Morgan fingerprint density at radius 1 is 1.36 bits per heavy atom. The molecule has 0 aromatic carbocycles. The summed E-state index contributed by atoms with van der Waals surface area (Å²) < 4.78 is 20.4. The summed E-state index contributed by atoms with van der Waals surface area (Å²) in [7, 11) is -4.78. The Labute approximate surface area is 144 Å². The molecule has 1 aromatic rings. The van der Waals surface area contributed by atoms with Crippen molar-refractivity contribution in [2.75, 3.05) is 6.61 Å². The predicted octanol–water partition coefficient (Wildman–Crippen LogP) is -6.34. The summed E-state index contributed by atoms with van der Waals surface area (Å²) in [5.74, 6) is 0. The van der Waals surface area contributed by atoms with Crippen molar-refractivity contribution >= 4 is 7.82 Å². The third kappa shape index (κ3) is 4.55. The normalized spacial score (nSPS) is 28.4. The Kier molecular flexibility index (Phi) is 6.65. The zero-order chi connectivity index (χ0) is 15.8. The van der Waals surface area contributed by atoms with E-state index in [0.717, 1.165) is 6.20 Å². The third-order valence-electron chi connectivity index (χ3n) is 2.72. The van der Waals surface area contributed by atoms with Crippen LogP contribution in [0.4, 0.5) is 0 Å². The molecule has 0 radical (unpaired) electrons. The van der Waals surface area contributed by atoms with Gasteiger partial charge in [-0.1, -0.05) is 0 Å². The van der Waals surface area contributed by atoms with Gasteiger partial charge in [0, 0.05) is 0 Å². The number of ether oxygens (including phenoxy) is 1. The standard InChI is InChI=1S/C8H12N3O9P.Na/c12-4-1-9-11(8(15)10-4)7-6(14)5(13)3(20-7)2-19-21(16,17)18;/h1,3,5-7,13-14H,2H2,(H,10,12,15)(H2,16,17,18);/q;+1. The van der Waals surface area contributed by atoms with E-state index in [2.05, 4.69) is 9.62 Å². The van der Waals surface area contributed by atoms with Crippen molar-refractivity contribution in [3.63, 3.8) is 0 Å². The van der Waals surface area contributed by atoms with Gasteiger partial charge in [0.05, 0.1) is 6.61 Å². The van der Waals surface area contributed by atoms with Gasteiger partial charge in [0.2, 0.25) is 0 Å². The molecule has 22 heavy (non-hydrogen) atoms. The molecule has 2 rings (SSSR count). The first-order valence-corrected chi connectivity index (χ1v) is 7.12. The smallest absolute Gasteiger partial charge is 0.387 e. The van der Waals surface area contributed by atoms with Crippen LogP contribution in [0.25, 0.3) is 0 Å². The van der Waals surface area contributed by atoms with Crippen molar-refractivity contribution in [2.45, 2.75) is 24.5 Å². The predicted molar refractivity (Wildman–Crippen MR) is 63.0 cm³/mol. The molecule has 1 aliphatic heterocycles. The van der Waals surface area contributed by atoms with Crippen molar-refractivity contribution in [1.29, 1.82) is 0 Å². The molecular weight excluding hydrogens is 336 g/mol. The number of H-pyrrole nitrogens is 1. The second kappa shape index (κ2) is 7.45. The van der Waals surface area contributed by atoms with E-state index < -0.39 is 50.2 Å². The fourth-order valence-electron chi connectivity index (χ4n) is 1.78. The van der Waals surface area contributed by atoms with Crippen LogP contribution in [0.15, 0.2) is 15.8 Å². The number of nitrogens with zero attached hydrogens (tertiary/aromatic N) is 2. The van der Waals surface area contributed by atoms with E-state index in [1.165, 1.54) is 0 Å². The molecule has 0 bridgehead atoms. The van der Waals surface area contributed by atoms with Crippen molar-refractivity contribution < 1.29 is 63.4 Å². The molecule has 1 fully saturated rings. The molecule has 1 saturated heterocycles. The molecule has 118 valence electrons. The summed E-state index contributed by atoms with van der Waals surface area (Å²) in [6.45, 7) is -0.711. The van der Waals surface area contributed by atoms with Gasteiger partial charge in [0.1, 0.15) is 24.5 Å². The van der Waals surface area contributed by atoms with Gasteiger partial charge in [-0.25, -0.2) is 9.36 Å². The number of hydrogen-bond acceptors (Lipinski definition) is 8. The first kappa shape index (κ1) is 19.6. The van der Waals surface area contributed by atoms with Gasteiger partial charge >= 0.3 is 43.1 Å². The molecule has 5 N–H and O–H groups in total. The zero-order valence-corrected chi connectivity index (χ0v) is 14.2. The van der Waals surface area contributed by atoms with Gasteiger partial charge in [-0.3, -0.25) is 14.3 Å². The quantitative estimate of drug-likeness (QED) is 0.259. The number of aliphatic hydroxyl groups excluding tert-OH is 2. The average molecular weight is 348 g/mol. The molecule has 0 saturated carbocycles. The van der Waals surface area contributed by atoms with Crippen molar-refractivity contribution in [3.8, 4) is 0 Å². The first-order chi connectivity index (χ1) is 9.69. The Bertz CT molecular complexity index is 671. The Balaban J connectivity index is 0.00000242. The van der Waals surface area contributed by atoms with Gasteiger partial charge in [0.15, 0.2) is 6.23 Å². The summed E-state index contributed by atoms with van der Waals surface area (Å²) >= 11 is 0. The summed E-state index contributed by atoms with van der Waals surface area (Å²) in [5.41, 5.74) is -1.74. The molecule has 0 spiro atoms. The minimum Gasteiger partial charge on any atom is -0.387 e. The van der Waals surface area contributed by atoms with Crippen LogP contribution in [0.5, 0.6) is 0 Å². The number of hydrogen-bond donors (Lipinski definition) is 5. The number of rotatable bonds is 4. The van der Waals surface area contributed by atoms with Crippen LogP contribution in [0.3, 0.4) is 0 Å². The maximum Gasteiger partial charge on any atom is 1.00 e. The van der Waals surface area contributed by atoms with Gasteiger partial charge in [-0.05, 0) is 0 Å². The Morgan fingerprint density at radius 2 is 2.00 bits per heavy atom. The Morgan fingerprint density at radius 3 is 2.55 bits per heavy atom. The summed E-state index contributed by atoms with van der Waals surface area (Å²) in [6, 6.07) is 0. The summed E-state index contributed by atoms with van der Waals surface area (Å²) in [4.78, 5) is 41.4. The third-order valence-corrected chi connectivity index (χ3v) is 3.21. The molecule has 4 unspecified atom stereocenters. The topological polar surface area (TPSA) is 184 Å². The van der Waals surface area contributed by atoms with E-state index in [1.807, 2.05) is 4.98 Å². The number of nitrogens with one attached hydrogen (secondary N) is 1. The minimum atomic E-state index is -4.78. The maximum atomic E-state index is 11.5. The van der Waals surface area contributed by atoms with E-state index in [1.54, 1.807) is 0 Å². The molecule has 1 aliphatic rings. The van der Waals surface area contributed by atoms with Crippen LogP contribution in [0.2, 0.25) is 0 Å². The molecule has 1 aromatic heterocycles. The molecule has 0 amide bonds. The molecule has 2 heterocycles. The average Bonchev–Trinajstić information content (AvgIpc) is 2.64. The monoisotopic (exact) mass is 348 g/mol. The zero-order valence-electron chi connectivity index (χ0n) is 11.3. The second-order valence-electron chi connectivity index (χ2n) is 4.22. The van der Waals surface area contributed by atoms with E-state index >= 15 is 0 Å². The van der Waals surface area contributed by atoms with E-state index in [9.17, 15) is 24.4 Å². The van der Waals surface area contributed by atoms with Crippen LogP contribution in [-0.4, -0.2) is 59.7 Å². The number of aliphatic hydroxyl groups is 2. The number of phosphoric ester groups is 1. The van der Waals surface area contributed by atoms with Crippen molar-refractivity contribution in [2.24, 2.45) is 0 Å². The van der Waals surface area contributed by atoms with Crippen LogP contribution in [0.1, 0.15) is 6.23 Å². The maximum absolute atomic E-state index is 11.5. The largest absolute Gasteiger partial charge is 1.00 e. The number of phosphoric acid groups is 1. The van der Waals surface area contributed by atoms with Crippen LogP contribution in [0, 0.1) is 0 Å². The summed E-state index contributed by atoms with van der Waals surface area (Å²) in [5, 5.41) is 23.0. The summed E-state index contributed by atoms with van der Waals surface area (Å²) in [6.07, 6.45) is -5.13. The van der Waals surface area contributed by atoms with Gasteiger partial charge in [0.25, 0.3) is 5.56 Å². The molecular formula is C8H12N3NaO9P+. The van der Waals surface area contributed by atoms with Gasteiger partial charge in [-0.15, -0.1) is 0 Å². The van der Waals surface area contributed by atoms with E-state index in [4.69, 9.17) is 14.5 Å². The molecule has 14 heteroatoms. The van der Waals surface area contributed by atoms with E-state index in [-0.39, 0.29) is 29.6 Å². The van der Waals surface area contributed by atoms with Gasteiger partial charge < -0.3 is 24.7 Å². The van der Waals surface area contributed by atoms with Crippen LogP contribution in [-0.2, 0) is 13.8 Å². The van der Waals surface area contributed by atoms with Gasteiger partial charge in [-0.2, -0.15) is 9.78 Å². The van der Waals surface area contributed by atoms with Crippen molar-refractivity contribution in [3.05, 3.63) is 27.0 Å². The van der Waals surface area contributed by atoms with E-state index in [0.29, 0.717) is 4.68 Å². The molecule has 4 atom stereocenters. The first-order valence-electron chi connectivity index (χ1n) is 5.59. The molecule has 12 nitrogen and oxygen atoms in total. The number of aromatic nitrogens is 3. The fourth-order valence-corrected chi connectivity index (χ4v) is 2.12. The SMILES string of the molecule is O=c1cnn(C2OC(COP(=O)(O)O)C(O)C2O)c(=O)[nH]1.[Na+]. The fraction of sp³-hybridized carbons (Fsp3) is 0.625. The minimum absolute atomic E-state index is 0. The van der Waals surface area contributed by atoms with Crippen LogP contribution < -0.4 is 40.8 Å². The Hall–Kier alpha value is -0.400. The second-order valence-corrected chi connectivity index (χ2v) is 5.46. The van der Waals surface area contributed by atoms with Crippen LogP contribution >= 0.6 is 7.82 Å². The molecule has 0 aliphatic carbocycles. The number of aromatic amines is 1. The van der Waals surface area contributed by atoms with Crippen molar-refractivity contribution in [1.82, 2.24) is 14.8 Å².